The van der Waals surface area contributed by atoms with Crippen molar-refractivity contribution in [3.63, 3.8) is 0 Å². The Labute approximate surface area is 160 Å². The van der Waals surface area contributed by atoms with Gasteiger partial charge in [-0.25, -0.2) is 0 Å². The predicted molar refractivity (Wildman–Crippen MR) is 104 cm³/mol. The lowest BCUT2D eigenvalue weighted by Gasteiger charge is -2.34. The first-order valence-corrected chi connectivity index (χ1v) is 10.4. The summed E-state index contributed by atoms with van der Waals surface area (Å²) in [6.45, 7) is 2.31. The summed E-state index contributed by atoms with van der Waals surface area (Å²) in [5, 5.41) is 21.5. The average molecular weight is 372 g/mol. The molecule has 1 N–H and O–H groups in total. The van der Waals surface area contributed by atoms with Crippen LogP contribution in [0.25, 0.3) is 0 Å². The van der Waals surface area contributed by atoms with E-state index in [1.54, 1.807) is 0 Å². The van der Waals surface area contributed by atoms with Gasteiger partial charge < -0.3 is 19.5 Å². The largest absolute Gasteiger partial charge is 0.550 e. The third kappa shape index (κ3) is 13.3. The van der Waals surface area contributed by atoms with Gasteiger partial charge in [0.25, 0.3) is 0 Å². The van der Waals surface area contributed by atoms with E-state index in [0.717, 1.165) is 12.8 Å². The first kappa shape index (κ1) is 25.1. The maximum absolute atomic E-state index is 12.4. The van der Waals surface area contributed by atoms with Crippen LogP contribution in [0.2, 0.25) is 0 Å². The number of hydrogen-bond donors (Lipinski definition) is 1. The van der Waals surface area contributed by atoms with Crippen LogP contribution >= 0.6 is 0 Å². The first-order chi connectivity index (χ1) is 12.1. The number of carbonyl (C=O) groups is 2. The number of quaternary nitrogens is 1. The van der Waals surface area contributed by atoms with E-state index in [0.29, 0.717) is 10.9 Å². The number of aliphatic hydroxyl groups is 1. The van der Waals surface area contributed by atoms with Crippen molar-refractivity contribution in [2.75, 3.05) is 27.7 Å². The Morgan fingerprint density at radius 1 is 0.846 bits per heavy atom. The molecule has 0 rings (SSSR count). The molecule has 0 aliphatic heterocycles. The molecular formula is C21H41NO4. The zero-order valence-electron chi connectivity index (χ0n) is 17.5. The fourth-order valence-corrected chi connectivity index (χ4v) is 3.45. The van der Waals surface area contributed by atoms with Gasteiger partial charge in [0.2, 0.25) is 0 Å². The van der Waals surface area contributed by atoms with Crippen molar-refractivity contribution >= 4 is 11.8 Å². The van der Waals surface area contributed by atoms with Gasteiger partial charge in [0, 0.05) is 18.8 Å². The Morgan fingerprint density at radius 3 is 1.65 bits per heavy atom. The van der Waals surface area contributed by atoms with Crippen molar-refractivity contribution < 1.29 is 24.3 Å². The summed E-state index contributed by atoms with van der Waals surface area (Å²) >= 11 is 0. The van der Waals surface area contributed by atoms with Crippen molar-refractivity contribution in [1.29, 1.82) is 0 Å². The quantitative estimate of drug-likeness (QED) is 0.315. The molecule has 0 aromatic rings. The van der Waals surface area contributed by atoms with E-state index in [-0.39, 0.29) is 18.7 Å². The van der Waals surface area contributed by atoms with E-state index in [4.69, 9.17) is 0 Å². The normalized spacial score (nSPS) is 14.2. The van der Waals surface area contributed by atoms with Crippen molar-refractivity contribution in [3.05, 3.63) is 0 Å². The molecule has 5 nitrogen and oxygen atoms in total. The van der Waals surface area contributed by atoms with Crippen LogP contribution in [-0.2, 0) is 9.59 Å². The third-order valence-electron chi connectivity index (χ3n) is 4.70. The summed E-state index contributed by atoms with van der Waals surface area (Å²) in [7, 11) is 5.49. The SMILES string of the molecule is CCCCCCCCCCCCCC(=O)C(O)(CC(=O)[O-])C[N+](C)(C)C. The fraction of sp³-hybridized carbons (Fsp3) is 0.905. The first-order valence-electron chi connectivity index (χ1n) is 10.4. The number of Topliss-reactive ketones (excluding diaryl/α,β-unsaturated/α-hetero) is 1. The van der Waals surface area contributed by atoms with Gasteiger partial charge in [-0.2, -0.15) is 0 Å². The lowest BCUT2D eigenvalue weighted by Crippen LogP contribution is -2.56. The van der Waals surface area contributed by atoms with E-state index < -0.39 is 18.0 Å². The second kappa shape index (κ2) is 13.3. The molecule has 0 aromatic carbocycles. The molecular weight excluding hydrogens is 330 g/mol. The van der Waals surface area contributed by atoms with Crippen molar-refractivity contribution in [2.24, 2.45) is 0 Å². The molecule has 5 heteroatoms. The monoisotopic (exact) mass is 371 g/mol. The number of unbranched alkanes of at least 4 members (excludes halogenated alkanes) is 10. The molecule has 0 bridgehead atoms. The second-order valence-corrected chi connectivity index (χ2v) is 8.74. The number of carbonyl (C=O) groups excluding carboxylic acids is 2. The van der Waals surface area contributed by atoms with Gasteiger partial charge in [0.05, 0.1) is 21.1 Å². The topological polar surface area (TPSA) is 77.4 Å². The Morgan fingerprint density at radius 2 is 1.27 bits per heavy atom. The lowest BCUT2D eigenvalue weighted by molar-refractivity contribution is -0.875. The summed E-state index contributed by atoms with van der Waals surface area (Å²) in [6, 6.07) is 0. The molecule has 154 valence electrons. The minimum Gasteiger partial charge on any atom is -0.550 e. The highest BCUT2D eigenvalue weighted by Gasteiger charge is 2.40. The minimum atomic E-state index is -1.82. The van der Waals surface area contributed by atoms with Crippen LogP contribution < -0.4 is 5.11 Å². The smallest absolute Gasteiger partial charge is 0.177 e. The lowest BCUT2D eigenvalue weighted by atomic mass is 9.89. The Kier molecular flexibility index (Phi) is 12.8. The number of carboxylic acids is 1. The predicted octanol–water partition coefficient (Wildman–Crippen LogP) is 2.83. The van der Waals surface area contributed by atoms with Gasteiger partial charge in [0.15, 0.2) is 11.4 Å². The fourth-order valence-electron chi connectivity index (χ4n) is 3.45. The van der Waals surface area contributed by atoms with Crippen LogP contribution in [0, 0.1) is 0 Å². The molecule has 1 atom stereocenters. The number of likely N-dealkylation sites (N-methyl/N-ethyl adjacent to an activating group) is 1. The van der Waals surface area contributed by atoms with Crippen molar-refractivity contribution in [1.82, 2.24) is 0 Å². The minimum absolute atomic E-state index is 0.0812. The van der Waals surface area contributed by atoms with Crippen LogP contribution in [0.15, 0.2) is 0 Å². The van der Waals surface area contributed by atoms with Gasteiger partial charge in [-0.1, -0.05) is 71.1 Å². The Bertz CT molecular complexity index is 403. The van der Waals surface area contributed by atoms with Crippen LogP contribution in [0.5, 0.6) is 0 Å². The van der Waals surface area contributed by atoms with E-state index in [2.05, 4.69) is 6.92 Å². The highest BCUT2D eigenvalue weighted by molar-refractivity contribution is 5.90. The Balaban J connectivity index is 3.97. The molecule has 0 amide bonds. The molecule has 0 fully saturated rings. The van der Waals surface area contributed by atoms with Crippen molar-refractivity contribution in [3.8, 4) is 0 Å². The number of ketones is 1. The van der Waals surface area contributed by atoms with Crippen LogP contribution in [0.3, 0.4) is 0 Å². The van der Waals surface area contributed by atoms with Gasteiger partial charge in [-0.05, 0) is 6.42 Å². The van der Waals surface area contributed by atoms with Crippen LogP contribution in [0.1, 0.15) is 90.4 Å². The highest BCUT2D eigenvalue weighted by Crippen LogP contribution is 2.20. The molecule has 26 heavy (non-hydrogen) atoms. The molecule has 0 aliphatic carbocycles. The maximum atomic E-state index is 12.4. The number of aliphatic carboxylic acids is 1. The molecule has 0 radical (unpaired) electrons. The van der Waals surface area contributed by atoms with Gasteiger partial charge in [-0.15, -0.1) is 0 Å². The molecule has 0 saturated carbocycles. The van der Waals surface area contributed by atoms with Crippen LogP contribution in [0.4, 0.5) is 0 Å². The van der Waals surface area contributed by atoms with E-state index in [9.17, 15) is 19.8 Å². The molecule has 0 saturated heterocycles. The summed E-state index contributed by atoms with van der Waals surface area (Å²) in [5.41, 5.74) is -1.82. The van der Waals surface area contributed by atoms with E-state index >= 15 is 0 Å². The number of carboxylic acid groups (broad SMARTS) is 1. The molecule has 0 aromatic heterocycles. The van der Waals surface area contributed by atoms with E-state index in [1.807, 2.05) is 21.1 Å². The van der Waals surface area contributed by atoms with Gasteiger partial charge >= 0.3 is 0 Å². The highest BCUT2D eigenvalue weighted by atomic mass is 16.4. The summed E-state index contributed by atoms with van der Waals surface area (Å²) in [5.74, 6) is -1.75. The van der Waals surface area contributed by atoms with E-state index in [1.165, 1.54) is 51.4 Å². The molecule has 1 unspecified atom stereocenters. The standard InChI is InChI=1S/C21H41NO4/c1-5-6-7-8-9-10-11-12-13-14-15-16-19(23)21(26,17-20(24)25)18-22(2,3)4/h26H,5-18H2,1-4H3. The third-order valence-corrected chi connectivity index (χ3v) is 4.70. The summed E-state index contributed by atoms with van der Waals surface area (Å²) < 4.78 is 0.327. The van der Waals surface area contributed by atoms with Gasteiger partial charge in [0.1, 0.15) is 6.54 Å². The number of rotatable bonds is 17. The maximum Gasteiger partial charge on any atom is 0.177 e. The molecule has 0 aliphatic rings. The van der Waals surface area contributed by atoms with Crippen LogP contribution in [-0.4, -0.2) is 54.6 Å². The number of hydrogen-bond acceptors (Lipinski definition) is 4. The average Bonchev–Trinajstić information content (AvgIpc) is 2.49. The molecule has 0 heterocycles. The molecule has 0 spiro atoms. The Hall–Kier alpha value is -0.940. The van der Waals surface area contributed by atoms with Crippen molar-refractivity contribution in [2.45, 2.75) is 96.0 Å². The summed E-state index contributed by atoms with van der Waals surface area (Å²) in [4.78, 5) is 23.3. The van der Waals surface area contributed by atoms with Gasteiger partial charge in [-0.3, -0.25) is 4.79 Å². The zero-order chi connectivity index (χ0) is 20.1. The summed E-state index contributed by atoms with van der Waals surface area (Å²) in [6.07, 6.45) is 12.7. The number of nitrogens with zero attached hydrogens (tertiary/aromatic N) is 1. The second-order valence-electron chi connectivity index (χ2n) is 8.74. The zero-order valence-corrected chi connectivity index (χ0v) is 17.5.